The van der Waals surface area contributed by atoms with E-state index in [-0.39, 0.29) is 23.5 Å². The number of nitriles is 1. The second-order valence-corrected chi connectivity index (χ2v) is 5.74. The van der Waals surface area contributed by atoms with Crippen molar-refractivity contribution in [2.24, 2.45) is 5.92 Å². The lowest BCUT2D eigenvalue weighted by atomic mass is 10.00. The Morgan fingerprint density at radius 2 is 2.32 bits per heavy atom. The van der Waals surface area contributed by atoms with Gasteiger partial charge in [0.25, 0.3) is 5.91 Å². The number of piperidine rings is 1. The molecule has 6 nitrogen and oxygen atoms in total. The standard InChI is InChI=1S/C16H21N3O3/c1-12(10-17)11-18(2)15(20)13-6-3-4-8-19(13)16(21)14-7-5-9-22-14/h5,7,9,12-13H,3-4,6,8,11H2,1-2H3/t12-,13+/m0/s1. The van der Waals surface area contributed by atoms with Gasteiger partial charge in [0.1, 0.15) is 6.04 Å². The van der Waals surface area contributed by atoms with E-state index in [0.29, 0.717) is 19.5 Å². The van der Waals surface area contributed by atoms with Gasteiger partial charge in [0.2, 0.25) is 5.91 Å². The molecule has 1 saturated heterocycles. The van der Waals surface area contributed by atoms with E-state index in [1.807, 2.05) is 0 Å². The van der Waals surface area contributed by atoms with Gasteiger partial charge in [0.05, 0.1) is 18.3 Å². The molecule has 0 saturated carbocycles. The van der Waals surface area contributed by atoms with Crippen LogP contribution in [0.1, 0.15) is 36.7 Å². The van der Waals surface area contributed by atoms with E-state index in [9.17, 15) is 9.59 Å². The lowest BCUT2D eigenvalue weighted by molar-refractivity contribution is -0.136. The number of hydrogen-bond donors (Lipinski definition) is 0. The average molecular weight is 303 g/mol. The van der Waals surface area contributed by atoms with Gasteiger partial charge in [0.15, 0.2) is 5.76 Å². The van der Waals surface area contributed by atoms with Crippen LogP contribution in [0.3, 0.4) is 0 Å². The zero-order chi connectivity index (χ0) is 16.1. The first kappa shape index (κ1) is 16.1. The van der Waals surface area contributed by atoms with Gasteiger partial charge in [-0.15, -0.1) is 0 Å². The van der Waals surface area contributed by atoms with Gasteiger partial charge in [-0.3, -0.25) is 9.59 Å². The molecule has 1 aliphatic rings. The van der Waals surface area contributed by atoms with E-state index in [1.165, 1.54) is 6.26 Å². The summed E-state index contributed by atoms with van der Waals surface area (Å²) in [5.74, 6) is -0.328. The van der Waals surface area contributed by atoms with Crippen molar-refractivity contribution < 1.29 is 14.0 Å². The van der Waals surface area contributed by atoms with Gasteiger partial charge in [-0.05, 0) is 38.3 Å². The Morgan fingerprint density at radius 1 is 1.55 bits per heavy atom. The molecule has 0 unspecified atom stereocenters. The number of hydrogen-bond acceptors (Lipinski definition) is 4. The maximum Gasteiger partial charge on any atom is 0.290 e. The van der Waals surface area contributed by atoms with Crippen molar-refractivity contribution >= 4 is 11.8 Å². The highest BCUT2D eigenvalue weighted by atomic mass is 16.3. The normalized spacial score (nSPS) is 19.3. The molecule has 22 heavy (non-hydrogen) atoms. The molecule has 1 fully saturated rings. The van der Waals surface area contributed by atoms with Crippen LogP contribution in [0.25, 0.3) is 0 Å². The smallest absolute Gasteiger partial charge is 0.290 e. The first-order chi connectivity index (χ1) is 10.5. The van der Waals surface area contributed by atoms with E-state index >= 15 is 0 Å². The average Bonchev–Trinajstić information content (AvgIpc) is 3.07. The highest BCUT2D eigenvalue weighted by Gasteiger charge is 2.35. The molecular formula is C16H21N3O3. The molecule has 6 heteroatoms. The minimum atomic E-state index is -0.470. The van der Waals surface area contributed by atoms with E-state index in [2.05, 4.69) is 6.07 Å². The van der Waals surface area contributed by atoms with Crippen molar-refractivity contribution in [3.63, 3.8) is 0 Å². The van der Waals surface area contributed by atoms with Gasteiger partial charge in [-0.2, -0.15) is 5.26 Å². The molecule has 1 aromatic heterocycles. The van der Waals surface area contributed by atoms with Crippen LogP contribution >= 0.6 is 0 Å². The molecule has 2 atom stereocenters. The summed E-state index contributed by atoms with van der Waals surface area (Å²) in [6, 6.07) is 4.92. The molecule has 0 bridgehead atoms. The fourth-order valence-electron chi connectivity index (χ4n) is 2.77. The first-order valence-electron chi connectivity index (χ1n) is 7.53. The van der Waals surface area contributed by atoms with Gasteiger partial charge >= 0.3 is 0 Å². The molecule has 1 aliphatic heterocycles. The number of furan rings is 1. The Morgan fingerprint density at radius 3 is 2.95 bits per heavy atom. The van der Waals surface area contributed by atoms with Crippen LogP contribution in [-0.2, 0) is 4.79 Å². The van der Waals surface area contributed by atoms with Crippen LogP contribution < -0.4 is 0 Å². The number of carbonyl (C=O) groups is 2. The number of likely N-dealkylation sites (tertiary alicyclic amines) is 1. The van der Waals surface area contributed by atoms with Crippen LogP contribution in [0, 0.1) is 17.2 Å². The highest BCUT2D eigenvalue weighted by Crippen LogP contribution is 2.21. The van der Waals surface area contributed by atoms with Crippen molar-refractivity contribution in [1.29, 1.82) is 5.26 Å². The van der Waals surface area contributed by atoms with E-state index in [1.54, 1.807) is 35.9 Å². The minimum Gasteiger partial charge on any atom is -0.459 e. The van der Waals surface area contributed by atoms with Crippen molar-refractivity contribution in [3.05, 3.63) is 24.2 Å². The second kappa shape index (κ2) is 7.12. The highest BCUT2D eigenvalue weighted by molar-refractivity contribution is 5.95. The summed E-state index contributed by atoms with van der Waals surface area (Å²) >= 11 is 0. The SMILES string of the molecule is C[C@@H](C#N)CN(C)C(=O)[C@H]1CCCCN1C(=O)c1ccco1. The Hall–Kier alpha value is -2.29. The summed E-state index contributed by atoms with van der Waals surface area (Å²) in [5.41, 5.74) is 0. The zero-order valence-electron chi connectivity index (χ0n) is 13.0. The van der Waals surface area contributed by atoms with Crippen LogP contribution in [0.4, 0.5) is 0 Å². The molecule has 0 aromatic carbocycles. The summed E-state index contributed by atoms with van der Waals surface area (Å²) < 4.78 is 5.16. The number of rotatable bonds is 4. The fraction of sp³-hybridized carbons (Fsp3) is 0.562. The van der Waals surface area contributed by atoms with E-state index < -0.39 is 6.04 Å². The number of nitrogens with zero attached hydrogens (tertiary/aromatic N) is 3. The number of amides is 2. The largest absolute Gasteiger partial charge is 0.459 e. The maximum absolute atomic E-state index is 12.6. The molecule has 118 valence electrons. The van der Waals surface area contributed by atoms with Crippen molar-refractivity contribution in [2.75, 3.05) is 20.1 Å². The Bertz CT molecular complexity index is 562. The third-order valence-corrected chi connectivity index (χ3v) is 3.93. The van der Waals surface area contributed by atoms with Crippen LogP contribution in [0.2, 0.25) is 0 Å². The molecule has 2 rings (SSSR count). The molecule has 2 heterocycles. The number of carbonyl (C=O) groups excluding carboxylic acids is 2. The summed E-state index contributed by atoms with van der Waals surface area (Å²) in [6.45, 7) is 2.70. The lowest BCUT2D eigenvalue weighted by Gasteiger charge is -2.36. The molecule has 0 N–H and O–H groups in total. The summed E-state index contributed by atoms with van der Waals surface area (Å²) in [7, 11) is 1.68. The summed E-state index contributed by atoms with van der Waals surface area (Å²) in [5, 5.41) is 8.88. The van der Waals surface area contributed by atoms with Crippen LogP contribution in [-0.4, -0.2) is 47.8 Å². The van der Waals surface area contributed by atoms with Crippen molar-refractivity contribution in [1.82, 2.24) is 9.80 Å². The number of likely N-dealkylation sites (N-methyl/N-ethyl adjacent to an activating group) is 1. The quantitative estimate of drug-likeness (QED) is 0.851. The van der Waals surface area contributed by atoms with Gasteiger partial charge in [0, 0.05) is 20.1 Å². The van der Waals surface area contributed by atoms with Crippen molar-refractivity contribution in [3.8, 4) is 6.07 Å². The second-order valence-electron chi connectivity index (χ2n) is 5.74. The third-order valence-electron chi connectivity index (χ3n) is 3.93. The Balaban J connectivity index is 2.11. The Labute approximate surface area is 130 Å². The monoisotopic (exact) mass is 303 g/mol. The lowest BCUT2D eigenvalue weighted by Crippen LogP contribution is -2.52. The Kier molecular flexibility index (Phi) is 5.21. The molecule has 2 amide bonds. The van der Waals surface area contributed by atoms with Crippen LogP contribution in [0.5, 0.6) is 0 Å². The molecule has 0 radical (unpaired) electrons. The summed E-state index contributed by atoms with van der Waals surface area (Å²) in [4.78, 5) is 28.3. The fourth-order valence-corrected chi connectivity index (χ4v) is 2.77. The predicted molar refractivity (Wildman–Crippen MR) is 79.8 cm³/mol. The molecule has 1 aromatic rings. The van der Waals surface area contributed by atoms with Crippen molar-refractivity contribution in [2.45, 2.75) is 32.2 Å². The van der Waals surface area contributed by atoms with E-state index in [0.717, 1.165) is 12.8 Å². The van der Waals surface area contributed by atoms with E-state index in [4.69, 9.17) is 9.68 Å². The predicted octanol–water partition coefficient (Wildman–Crippen LogP) is 1.89. The molecule has 0 spiro atoms. The van der Waals surface area contributed by atoms with Gasteiger partial charge in [-0.1, -0.05) is 0 Å². The molecule has 0 aliphatic carbocycles. The van der Waals surface area contributed by atoms with Gasteiger partial charge < -0.3 is 14.2 Å². The zero-order valence-corrected chi connectivity index (χ0v) is 13.0. The van der Waals surface area contributed by atoms with Crippen LogP contribution in [0.15, 0.2) is 22.8 Å². The third kappa shape index (κ3) is 3.48. The molecular weight excluding hydrogens is 282 g/mol. The topological polar surface area (TPSA) is 77.5 Å². The maximum atomic E-state index is 12.6. The summed E-state index contributed by atoms with van der Waals surface area (Å²) in [6.07, 6.45) is 3.90. The van der Waals surface area contributed by atoms with Gasteiger partial charge in [-0.25, -0.2) is 0 Å². The minimum absolute atomic E-state index is 0.110. The first-order valence-corrected chi connectivity index (χ1v) is 7.53.